The molecule has 4 rings (SSSR count). The minimum absolute atomic E-state index is 0.0562. The molecule has 2 atom stereocenters. The minimum Gasteiger partial charge on any atom is -0.326 e. The van der Waals surface area contributed by atoms with Crippen LogP contribution in [0.2, 0.25) is 15.1 Å². The van der Waals surface area contributed by atoms with Crippen LogP contribution in [0, 0.1) is 29.2 Å². The third kappa shape index (κ3) is 6.37. The van der Waals surface area contributed by atoms with E-state index in [1.54, 1.807) is 0 Å². The molecule has 222 valence electrons. The van der Waals surface area contributed by atoms with Crippen LogP contribution in [0.25, 0.3) is 0 Å². The molecule has 3 N–H and O–H groups in total. The van der Waals surface area contributed by atoms with Crippen molar-refractivity contribution < 1.29 is 40.7 Å². The largest absolute Gasteiger partial charge is 0.326 e. The number of rotatable bonds is 7. The van der Waals surface area contributed by atoms with Crippen LogP contribution < -0.4 is 16.0 Å². The Kier molecular flexibility index (Phi) is 9.15. The number of benzene rings is 3. The number of halogens is 11. The lowest BCUT2D eigenvalue weighted by molar-refractivity contribution is -0.126. The molecule has 0 bridgehead atoms. The molecule has 0 saturated heterocycles. The van der Waals surface area contributed by atoms with E-state index < -0.39 is 86.2 Å². The van der Waals surface area contributed by atoms with Gasteiger partial charge in [-0.1, -0.05) is 34.8 Å². The quantitative estimate of drug-likeness (QED) is 0.133. The van der Waals surface area contributed by atoms with Crippen molar-refractivity contribution in [2.24, 2.45) is 5.92 Å². The molecule has 17 heteroatoms. The Bertz CT molecular complexity index is 1620. The average molecular weight is 694 g/mol. The highest BCUT2D eigenvalue weighted by Crippen LogP contribution is 2.65. The number of anilines is 3. The van der Waals surface area contributed by atoms with Crippen LogP contribution in [0.5, 0.6) is 0 Å². The molecule has 3 aromatic rings. The van der Waals surface area contributed by atoms with Gasteiger partial charge < -0.3 is 16.0 Å². The second-order valence-corrected chi connectivity index (χ2v) is 11.4. The zero-order valence-corrected chi connectivity index (χ0v) is 23.9. The van der Waals surface area contributed by atoms with Crippen LogP contribution >= 0.6 is 58.0 Å². The van der Waals surface area contributed by atoms with Crippen molar-refractivity contribution >= 4 is 92.8 Å². The van der Waals surface area contributed by atoms with Crippen LogP contribution in [-0.4, -0.2) is 28.5 Å². The first-order chi connectivity index (χ1) is 19.5. The predicted octanol–water partition coefficient (Wildman–Crippen LogP) is 8.19. The second kappa shape index (κ2) is 12.0. The smallest absolute Gasteiger partial charge is 0.315 e. The highest BCUT2D eigenvalue weighted by atomic mass is 35.5. The van der Waals surface area contributed by atoms with E-state index in [1.807, 2.05) is 5.32 Å². The van der Waals surface area contributed by atoms with Gasteiger partial charge in [0.2, 0.25) is 5.91 Å². The molecule has 0 aliphatic heterocycles. The van der Waals surface area contributed by atoms with Gasteiger partial charge in [-0.05, 0) is 29.8 Å². The molecule has 1 aliphatic carbocycles. The van der Waals surface area contributed by atoms with Gasteiger partial charge >= 0.3 is 6.43 Å². The summed E-state index contributed by atoms with van der Waals surface area (Å²) in [5.41, 5.74) is -2.93. The van der Waals surface area contributed by atoms with E-state index in [-0.39, 0.29) is 21.1 Å². The third-order valence-electron chi connectivity index (χ3n) is 6.00. The Hall–Kier alpha value is -2.90. The summed E-state index contributed by atoms with van der Waals surface area (Å²) in [7, 11) is 0. The van der Waals surface area contributed by atoms with Crippen molar-refractivity contribution in [3.63, 3.8) is 0 Å². The number of amides is 3. The van der Waals surface area contributed by atoms with Crippen molar-refractivity contribution in [2.45, 2.75) is 16.7 Å². The molecule has 3 amide bonds. The Morgan fingerprint density at radius 2 is 1.33 bits per heavy atom. The molecule has 6 nitrogen and oxygen atoms in total. The molecule has 0 heterocycles. The zero-order valence-electron chi connectivity index (χ0n) is 20.1. The van der Waals surface area contributed by atoms with Crippen molar-refractivity contribution in [2.75, 3.05) is 16.0 Å². The van der Waals surface area contributed by atoms with Crippen LogP contribution in [0.3, 0.4) is 0 Å². The first-order valence-corrected chi connectivity index (χ1v) is 13.1. The highest BCUT2D eigenvalue weighted by Gasteiger charge is 2.67. The lowest BCUT2D eigenvalue weighted by Crippen LogP contribution is -2.22. The monoisotopic (exact) mass is 691 g/mol. The molecule has 0 aromatic heterocycles. The van der Waals surface area contributed by atoms with Crippen molar-refractivity contribution in [1.29, 1.82) is 0 Å². The lowest BCUT2D eigenvalue weighted by Gasteiger charge is -2.13. The molecule has 0 spiro atoms. The maximum absolute atomic E-state index is 14.5. The van der Waals surface area contributed by atoms with Crippen molar-refractivity contribution in [1.82, 2.24) is 0 Å². The third-order valence-corrected chi connectivity index (χ3v) is 8.14. The first-order valence-electron chi connectivity index (χ1n) is 11.2. The summed E-state index contributed by atoms with van der Waals surface area (Å²) >= 11 is 30.6. The number of carbonyl (C=O) groups excluding carboxylic acids is 3. The Balaban J connectivity index is 1.56. The van der Waals surface area contributed by atoms with E-state index in [4.69, 9.17) is 58.0 Å². The molecular formula is C25H12Cl5F6N3O3. The summed E-state index contributed by atoms with van der Waals surface area (Å²) in [6.07, 6.45) is -3.54. The summed E-state index contributed by atoms with van der Waals surface area (Å²) in [5, 5.41) is 5.74. The Morgan fingerprint density at radius 1 is 0.762 bits per heavy atom. The van der Waals surface area contributed by atoms with E-state index in [0.717, 1.165) is 0 Å². The average Bonchev–Trinajstić information content (AvgIpc) is 3.48. The molecule has 1 fully saturated rings. The van der Waals surface area contributed by atoms with Crippen LogP contribution in [-0.2, 0) is 9.59 Å². The molecule has 0 radical (unpaired) electrons. The van der Waals surface area contributed by atoms with Crippen LogP contribution in [0.4, 0.5) is 43.4 Å². The van der Waals surface area contributed by atoms with Crippen molar-refractivity contribution in [3.05, 3.63) is 85.9 Å². The van der Waals surface area contributed by atoms with Gasteiger partial charge in [0.1, 0.15) is 16.0 Å². The number of nitrogens with one attached hydrogen (secondary N) is 3. The fourth-order valence-electron chi connectivity index (χ4n) is 3.99. The second-order valence-electron chi connectivity index (χ2n) is 8.79. The summed E-state index contributed by atoms with van der Waals surface area (Å²) < 4.78 is 80.5. The maximum Gasteiger partial charge on any atom is 0.315 e. The summed E-state index contributed by atoms with van der Waals surface area (Å²) in [6.45, 7) is 0. The normalized spacial score (nSPS) is 17.1. The standard InChI is InChI=1S/C25H12Cl5F6N3O3/c26-10-1-7(2-11(27)19(10)28)17-18(25(17,29)30)23(41)37-8-3-9(20(34)14(33)4-8)22(40)38-15-6-16(13(32)5-12(15)31)39-24(42)21(35)36/h1-6,17-18,21H,(H,37,41)(H,38,40)(H,39,42)/t17-,18+/m0/s1. The van der Waals surface area contributed by atoms with Gasteiger partial charge in [0.25, 0.3) is 11.8 Å². The number of hydrogen-bond acceptors (Lipinski definition) is 3. The maximum atomic E-state index is 14.5. The summed E-state index contributed by atoms with van der Waals surface area (Å²) in [5.74, 6) is -12.5. The first kappa shape index (κ1) is 32.0. The minimum atomic E-state index is -3.54. The SMILES string of the molecule is O=C(Nc1cc(NC(=O)C(F)F)c(F)cc1F)c1cc(NC(=O)[C@H]2[C@H](c3cc(Cl)c(Cl)c(Cl)c3)C2(Cl)Cl)cc(F)c1F. The molecule has 3 aromatic carbocycles. The highest BCUT2D eigenvalue weighted by molar-refractivity contribution is 6.54. The lowest BCUT2D eigenvalue weighted by atomic mass is 10.1. The van der Waals surface area contributed by atoms with Crippen LogP contribution in [0.1, 0.15) is 21.8 Å². The summed E-state index contributed by atoms with van der Waals surface area (Å²) in [6, 6.07) is 4.63. The number of alkyl halides is 4. The molecule has 42 heavy (non-hydrogen) atoms. The molecular weight excluding hydrogens is 682 g/mol. The van der Waals surface area contributed by atoms with E-state index >= 15 is 0 Å². The van der Waals surface area contributed by atoms with Gasteiger partial charge in [-0.3, -0.25) is 14.4 Å². The number of carbonyl (C=O) groups is 3. The van der Waals surface area contributed by atoms with Gasteiger partial charge in [-0.15, -0.1) is 23.2 Å². The van der Waals surface area contributed by atoms with E-state index in [1.165, 1.54) is 17.4 Å². The van der Waals surface area contributed by atoms with Crippen molar-refractivity contribution in [3.8, 4) is 0 Å². The topological polar surface area (TPSA) is 87.3 Å². The summed E-state index contributed by atoms with van der Waals surface area (Å²) in [4.78, 5) is 36.9. The zero-order chi connectivity index (χ0) is 31.3. The Labute approximate surface area is 257 Å². The Morgan fingerprint density at radius 3 is 1.90 bits per heavy atom. The van der Waals surface area contributed by atoms with E-state index in [9.17, 15) is 40.7 Å². The predicted molar refractivity (Wildman–Crippen MR) is 146 cm³/mol. The van der Waals surface area contributed by atoms with E-state index in [0.29, 0.717) is 23.8 Å². The van der Waals surface area contributed by atoms with Gasteiger partial charge in [0, 0.05) is 23.7 Å². The van der Waals surface area contributed by atoms with E-state index in [2.05, 4.69) is 5.32 Å². The molecule has 1 saturated carbocycles. The fourth-order valence-corrected chi connectivity index (χ4v) is 5.43. The van der Waals surface area contributed by atoms with Gasteiger partial charge in [-0.25, -0.2) is 17.6 Å². The van der Waals surface area contributed by atoms with Crippen LogP contribution in [0.15, 0.2) is 36.4 Å². The fraction of sp³-hybridized carbons (Fsp3) is 0.160. The van der Waals surface area contributed by atoms with Gasteiger partial charge in [0.15, 0.2) is 11.6 Å². The number of hydrogen-bond donors (Lipinski definition) is 3. The van der Waals surface area contributed by atoms with Gasteiger partial charge in [0.05, 0.1) is 37.9 Å². The molecule has 1 aliphatic rings. The van der Waals surface area contributed by atoms with Gasteiger partial charge in [-0.2, -0.15) is 8.78 Å². The molecule has 0 unspecified atom stereocenters.